The Hall–Kier alpha value is -0.820. The first kappa shape index (κ1) is 16.5. The molecule has 0 bridgehead atoms. The zero-order chi connectivity index (χ0) is 15.8. The van der Waals surface area contributed by atoms with Gasteiger partial charge in [-0.05, 0) is 61.7 Å². The van der Waals surface area contributed by atoms with Gasteiger partial charge in [-0.1, -0.05) is 57.2 Å². The van der Waals surface area contributed by atoms with Crippen molar-refractivity contribution in [2.45, 2.75) is 65.9 Å². The molecule has 2 fully saturated rings. The monoisotopic (exact) mass is 288 g/mol. The third kappa shape index (κ3) is 2.77. The first-order valence-corrected chi connectivity index (χ1v) is 8.38. The van der Waals surface area contributed by atoms with E-state index in [4.69, 9.17) is 0 Å². The molecule has 0 unspecified atom stereocenters. The molecule has 2 saturated carbocycles. The molecule has 2 rings (SSSR count). The Morgan fingerprint density at radius 1 is 1.33 bits per heavy atom. The fraction of sp³-hybridized carbons (Fsp3) is 0.700. The quantitative estimate of drug-likeness (QED) is 0.553. The van der Waals surface area contributed by atoms with Crippen LogP contribution in [0, 0.1) is 22.7 Å². The third-order valence-electron chi connectivity index (χ3n) is 6.55. The van der Waals surface area contributed by atoms with Crippen LogP contribution < -0.4 is 0 Å². The summed E-state index contributed by atoms with van der Waals surface area (Å²) in [6.07, 6.45) is 9.49. The zero-order valence-electron chi connectivity index (χ0n) is 14.3. The highest BCUT2D eigenvalue weighted by Gasteiger charge is 2.55. The number of fused-ring (bicyclic) bond motifs is 1. The zero-order valence-corrected chi connectivity index (χ0v) is 14.3. The van der Waals surface area contributed by atoms with Gasteiger partial charge in [0.25, 0.3) is 0 Å². The van der Waals surface area contributed by atoms with Crippen LogP contribution in [0.3, 0.4) is 0 Å². The van der Waals surface area contributed by atoms with E-state index in [2.05, 4.69) is 46.9 Å². The lowest BCUT2D eigenvalue weighted by Gasteiger charge is -2.59. The van der Waals surface area contributed by atoms with Crippen LogP contribution in [0.15, 0.2) is 36.5 Å². The summed E-state index contributed by atoms with van der Waals surface area (Å²) in [6, 6.07) is 0. The molecule has 21 heavy (non-hydrogen) atoms. The molecule has 0 amide bonds. The standard InChI is InChI=1S/C20H32O/c1-7-14(2)8-10-16-15(3)9-11-17-19(4,5)18(21)12-13-20(16,17)6/h7-8,16-18,21H,1,3,9-13H2,2,4-6H3/b14-8+/t16-,17+,18+,20+/m0/s1. The Balaban J connectivity index is 2.32. The van der Waals surface area contributed by atoms with Gasteiger partial charge in [-0.15, -0.1) is 0 Å². The van der Waals surface area contributed by atoms with Gasteiger partial charge in [0.2, 0.25) is 0 Å². The van der Waals surface area contributed by atoms with E-state index in [0.29, 0.717) is 11.8 Å². The Morgan fingerprint density at radius 3 is 2.62 bits per heavy atom. The van der Waals surface area contributed by atoms with Crippen molar-refractivity contribution in [1.82, 2.24) is 0 Å². The number of aliphatic hydroxyl groups is 1. The molecule has 1 N–H and O–H groups in total. The molecule has 0 aliphatic heterocycles. The second kappa shape index (κ2) is 5.76. The highest BCUT2D eigenvalue weighted by atomic mass is 16.3. The molecule has 2 aliphatic rings. The minimum absolute atomic E-state index is 0.0170. The fourth-order valence-electron chi connectivity index (χ4n) is 4.99. The van der Waals surface area contributed by atoms with E-state index in [1.54, 1.807) is 0 Å². The minimum Gasteiger partial charge on any atom is -0.393 e. The number of aliphatic hydroxyl groups excluding tert-OH is 1. The largest absolute Gasteiger partial charge is 0.393 e. The van der Waals surface area contributed by atoms with Crippen molar-refractivity contribution in [3.63, 3.8) is 0 Å². The summed E-state index contributed by atoms with van der Waals surface area (Å²) >= 11 is 0. The summed E-state index contributed by atoms with van der Waals surface area (Å²) in [5.74, 6) is 1.12. The highest BCUT2D eigenvalue weighted by Crippen LogP contribution is 2.61. The van der Waals surface area contributed by atoms with E-state index >= 15 is 0 Å². The maximum atomic E-state index is 10.5. The van der Waals surface area contributed by atoms with Crippen molar-refractivity contribution < 1.29 is 5.11 Å². The Labute approximate surface area is 130 Å². The van der Waals surface area contributed by atoms with Gasteiger partial charge in [-0.2, -0.15) is 0 Å². The van der Waals surface area contributed by atoms with Crippen molar-refractivity contribution in [3.05, 3.63) is 36.5 Å². The Morgan fingerprint density at radius 2 is 2.00 bits per heavy atom. The summed E-state index contributed by atoms with van der Waals surface area (Å²) in [5.41, 5.74) is 2.96. The van der Waals surface area contributed by atoms with Gasteiger partial charge in [0.05, 0.1) is 6.10 Å². The second-order valence-corrected chi connectivity index (χ2v) is 8.07. The normalized spacial score (nSPS) is 39.8. The number of allylic oxidation sites excluding steroid dienone is 4. The molecule has 0 radical (unpaired) electrons. The van der Waals surface area contributed by atoms with Gasteiger partial charge in [-0.3, -0.25) is 0 Å². The van der Waals surface area contributed by atoms with Gasteiger partial charge in [0, 0.05) is 0 Å². The maximum absolute atomic E-state index is 10.5. The van der Waals surface area contributed by atoms with Crippen molar-refractivity contribution in [3.8, 4) is 0 Å². The van der Waals surface area contributed by atoms with Crippen LogP contribution in [0.4, 0.5) is 0 Å². The molecule has 118 valence electrons. The molecule has 0 spiro atoms. The van der Waals surface area contributed by atoms with Crippen molar-refractivity contribution in [2.75, 3.05) is 0 Å². The van der Waals surface area contributed by atoms with E-state index in [0.717, 1.165) is 25.7 Å². The molecule has 0 aromatic carbocycles. The molecule has 2 aliphatic carbocycles. The summed E-state index contributed by atoms with van der Waals surface area (Å²) in [6.45, 7) is 17.3. The van der Waals surface area contributed by atoms with E-state index in [1.807, 2.05) is 6.08 Å². The Bertz CT molecular complexity index is 456. The summed E-state index contributed by atoms with van der Waals surface area (Å²) in [4.78, 5) is 0. The van der Waals surface area contributed by atoms with Crippen LogP contribution >= 0.6 is 0 Å². The van der Waals surface area contributed by atoms with Crippen LogP contribution in [-0.4, -0.2) is 11.2 Å². The predicted octanol–water partition coefficient (Wildman–Crippen LogP) is 5.28. The fourth-order valence-corrected chi connectivity index (χ4v) is 4.99. The van der Waals surface area contributed by atoms with Crippen molar-refractivity contribution in [1.29, 1.82) is 0 Å². The van der Waals surface area contributed by atoms with Gasteiger partial charge in [0.1, 0.15) is 0 Å². The van der Waals surface area contributed by atoms with Gasteiger partial charge < -0.3 is 5.11 Å². The van der Waals surface area contributed by atoms with Gasteiger partial charge in [0.15, 0.2) is 0 Å². The van der Waals surface area contributed by atoms with Crippen LogP contribution in [0.2, 0.25) is 0 Å². The summed E-state index contributed by atoms with van der Waals surface area (Å²) in [5, 5.41) is 10.5. The molecule has 1 heteroatoms. The van der Waals surface area contributed by atoms with Crippen LogP contribution in [0.25, 0.3) is 0 Å². The lowest BCUT2D eigenvalue weighted by Crippen LogP contribution is -2.54. The topological polar surface area (TPSA) is 20.2 Å². The van der Waals surface area contributed by atoms with Gasteiger partial charge >= 0.3 is 0 Å². The number of hydrogen-bond acceptors (Lipinski definition) is 1. The first-order valence-electron chi connectivity index (χ1n) is 8.38. The SMILES string of the molecule is C=C/C(C)=C/C[C@H]1C(=C)CC[C@@H]2C(C)(C)[C@H](O)CC[C@@]21C. The lowest BCUT2D eigenvalue weighted by atomic mass is 9.46. The smallest absolute Gasteiger partial charge is 0.0594 e. The lowest BCUT2D eigenvalue weighted by molar-refractivity contribution is -0.123. The summed E-state index contributed by atoms with van der Waals surface area (Å²) in [7, 11) is 0. The van der Waals surface area contributed by atoms with E-state index in [1.165, 1.54) is 17.6 Å². The third-order valence-corrected chi connectivity index (χ3v) is 6.55. The molecular weight excluding hydrogens is 256 g/mol. The predicted molar refractivity (Wildman–Crippen MR) is 91.1 cm³/mol. The maximum Gasteiger partial charge on any atom is 0.0594 e. The first-order chi connectivity index (χ1) is 9.73. The molecule has 4 atom stereocenters. The molecule has 1 nitrogen and oxygen atoms in total. The van der Waals surface area contributed by atoms with Crippen LogP contribution in [0.5, 0.6) is 0 Å². The molecular formula is C20H32O. The molecule has 0 aromatic rings. The average molecular weight is 288 g/mol. The van der Waals surface area contributed by atoms with Crippen LogP contribution in [-0.2, 0) is 0 Å². The number of rotatable bonds is 3. The van der Waals surface area contributed by atoms with Gasteiger partial charge in [-0.25, -0.2) is 0 Å². The molecule has 0 heterocycles. The van der Waals surface area contributed by atoms with E-state index < -0.39 is 0 Å². The highest BCUT2D eigenvalue weighted by molar-refractivity contribution is 5.20. The van der Waals surface area contributed by atoms with E-state index in [-0.39, 0.29) is 16.9 Å². The average Bonchev–Trinajstić information content (AvgIpc) is 2.42. The summed E-state index contributed by atoms with van der Waals surface area (Å²) < 4.78 is 0. The Kier molecular flexibility index (Phi) is 4.54. The molecule has 0 aromatic heterocycles. The van der Waals surface area contributed by atoms with E-state index in [9.17, 15) is 5.11 Å². The minimum atomic E-state index is -0.159. The van der Waals surface area contributed by atoms with Crippen LogP contribution in [0.1, 0.15) is 59.8 Å². The van der Waals surface area contributed by atoms with Crippen molar-refractivity contribution in [2.24, 2.45) is 22.7 Å². The molecule has 0 saturated heterocycles. The number of hydrogen-bond donors (Lipinski definition) is 1. The van der Waals surface area contributed by atoms with Crippen molar-refractivity contribution >= 4 is 0 Å². The second-order valence-electron chi connectivity index (χ2n) is 8.07.